The van der Waals surface area contributed by atoms with Crippen molar-refractivity contribution in [2.45, 2.75) is 26.9 Å². The zero-order valence-electron chi connectivity index (χ0n) is 12.1. The molecule has 21 heavy (non-hydrogen) atoms. The number of thiophene rings is 1. The molecule has 0 unspecified atom stereocenters. The number of aromatic amines is 1. The Labute approximate surface area is 125 Å². The number of nitrogens with one attached hydrogen (secondary N) is 2. The van der Waals surface area contributed by atoms with E-state index in [2.05, 4.69) is 25.4 Å². The lowest BCUT2D eigenvalue weighted by Crippen LogP contribution is -2.19. The molecule has 0 fully saturated rings. The smallest absolute Gasteiger partial charge is 0.259 e. The molecule has 0 atom stereocenters. The maximum absolute atomic E-state index is 12.1. The van der Waals surface area contributed by atoms with Gasteiger partial charge in [-0.2, -0.15) is 5.10 Å². The van der Waals surface area contributed by atoms with Crippen molar-refractivity contribution in [2.75, 3.05) is 0 Å². The van der Waals surface area contributed by atoms with E-state index in [-0.39, 0.29) is 5.56 Å². The van der Waals surface area contributed by atoms with Gasteiger partial charge in [-0.3, -0.25) is 9.48 Å². The van der Waals surface area contributed by atoms with Crippen molar-refractivity contribution >= 4 is 21.6 Å². The SMILES string of the molecule is Cc1sc2nc(CNCc3ncn(C)n3)[nH]c(=O)c2c1C. The van der Waals surface area contributed by atoms with Gasteiger partial charge in [-0.15, -0.1) is 11.3 Å². The van der Waals surface area contributed by atoms with Gasteiger partial charge in [0.25, 0.3) is 5.56 Å². The van der Waals surface area contributed by atoms with Crippen LogP contribution in [0.2, 0.25) is 0 Å². The average molecular weight is 304 g/mol. The van der Waals surface area contributed by atoms with E-state index in [1.54, 1.807) is 22.3 Å². The number of fused-ring (bicyclic) bond motifs is 1. The maximum Gasteiger partial charge on any atom is 0.259 e. The van der Waals surface area contributed by atoms with Crippen LogP contribution in [0.4, 0.5) is 0 Å². The van der Waals surface area contributed by atoms with Crippen molar-refractivity contribution in [3.63, 3.8) is 0 Å². The molecule has 0 bridgehead atoms. The van der Waals surface area contributed by atoms with Crippen molar-refractivity contribution in [3.8, 4) is 0 Å². The van der Waals surface area contributed by atoms with Gasteiger partial charge in [0.05, 0.1) is 18.5 Å². The lowest BCUT2D eigenvalue weighted by atomic mass is 10.2. The normalized spacial score (nSPS) is 11.4. The van der Waals surface area contributed by atoms with E-state index in [4.69, 9.17) is 0 Å². The molecule has 0 saturated carbocycles. The van der Waals surface area contributed by atoms with Crippen LogP contribution in [0.25, 0.3) is 10.2 Å². The molecule has 0 aliphatic heterocycles. The summed E-state index contributed by atoms with van der Waals surface area (Å²) in [6.45, 7) is 4.96. The minimum atomic E-state index is -0.0744. The minimum absolute atomic E-state index is 0.0744. The largest absolute Gasteiger partial charge is 0.309 e. The Bertz CT molecular complexity index is 846. The highest BCUT2D eigenvalue weighted by molar-refractivity contribution is 7.18. The Hall–Kier alpha value is -2.06. The Balaban J connectivity index is 1.77. The fraction of sp³-hybridized carbons (Fsp3) is 0.385. The van der Waals surface area contributed by atoms with E-state index >= 15 is 0 Å². The van der Waals surface area contributed by atoms with Gasteiger partial charge in [0.15, 0.2) is 5.82 Å². The predicted octanol–water partition coefficient (Wildman–Crippen LogP) is 1.02. The number of nitrogens with zero attached hydrogens (tertiary/aromatic N) is 4. The Morgan fingerprint density at radius 3 is 2.90 bits per heavy atom. The number of aryl methyl sites for hydroxylation is 3. The number of rotatable bonds is 4. The average Bonchev–Trinajstić information content (AvgIpc) is 2.95. The van der Waals surface area contributed by atoms with Gasteiger partial charge in [0.2, 0.25) is 0 Å². The van der Waals surface area contributed by atoms with E-state index in [1.807, 2.05) is 20.9 Å². The van der Waals surface area contributed by atoms with Gasteiger partial charge in [-0.1, -0.05) is 0 Å². The third-order valence-electron chi connectivity index (χ3n) is 3.31. The summed E-state index contributed by atoms with van der Waals surface area (Å²) in [5.41, 5.74) is 0.940. The molecule has 0 aliphatic carbocycles. The van der Waals surface area contributed by atoms with Crippen LogP contribution in [0.1, 0.15) is 22.1 Å². The number of hydrogen-bond donors (Lipinski definition) is 2. The lowest BCUT2D eigenvalue weighted by Gasteiger charge is -2.02. The van der Waals surface area contributed by atoms with Crippen LogP contribution in [-0.2, 0) is 20.1 Å². The first-order valence-electron chi connectivity index (χ1n) is 6.58. The molecule has 3 aromatic heterocycles. The molecule has 0 aliphatic rings. The van der Waals surface area contributed by atoms with E-state index in [1.165, 1.54) is 0 Å². The van der Waals surface area contributed by atoms with Crippen LogP contribution in [-0.4, -0.2) is 24.7 Å². The van der Waals surface area contributed by atoms with Gasteiger partial charge >= 0.3 is 0 Å². The van der Waals surface area contributed by atoms with Crippen molar-refractivity contribution < 1.29 is 0 Å². The third kappa shape index (κ3) is 2.72. The lowest BCUT2D eigenvalue weighted by molar-refractivity contribution is 0.630. The maximum atomic E-state index is 12.1. The molecule has 8 heteroatoms. The predicted molar refractivity (Wildman–Crippen MR) is 81.3 cm³/mol. The minimum Gasteiger partial charge on any atom is -0.309 e. The quantitative estimate of drug-likeness (QED) is 0.751. The second-order valence-corrected chi connectivity index (χ2v) is 6.12. The molecule has 0 radical (unpaired) electrons. The first-order chi connectivity index (χ1) is 10.0. The standard InChI is InChI=1S/C13H16N6OS/c1-7-8(2)21-13-11(7)12(20)16-10(17-13)5-14-4-9-15-6-19(3)18-9/h6,14H,4-5H2,1-3H3,(H,16,17,20). The molecular formula is C13H16N6OS. The van der Waals surface area contributed by atoms with Gasteiger partial charge < -0.3 is 10.3 Å². The fourth-order valence-electron chi connectivity index (χ4n) is 2.14. The number of H-pyrrole nitrogens is 1. The molecule has 3 aromatic rings. The molecule has 110 valence electrons. The highest BCUT2D eigenvalue weighted by atomic mass is 32.1. The van der Waals surface area contributed by atoms with Crippen molar-refractivity contribution in [1.82, 2.24) is 30.0 Å². The Morgan fingerprint density at radius 1 is 1.38 bits per heavy atom. The summed E-state index contributed by atoms with van der Waals surface area (Å²) in [4.78, 5) is 25.5. The molecule has 2 N–H and O–H groups in total. The zero-order valence-corrected chi connectivity index (χ0v) is 12.9. The number of aromatic nitrogens is 5. The van der Waals surface area contributed by atoms with Crippen LogP contribution >= 0.6 is 11.3 Å². The highest BCUT2D eigenvalue weighted by Crippen LogP contribution is 2.25. The van der Waals surface area contributed by atoms with E-state index in [0.29, 0.717) is 30.1 Å². The van der Waals surface area contributed by atoms with Crippen LogP contribution in [0.3, 0.4) is 0 Å². The molecular weight excluding hydrogens is 288 g/mol. The summed E-state index contributed by atoms with van der Waals surface area (Å²) in [5.74, 6) is 1.34. The van der Waals surface area contributed by atoms with Crippen LogP contribution in [0.15, 0.2) is 11.1 Å². The summed E-state index contributed by atoms with van der Waals surface area (Å²) in [7, 11) is 1.82. The third-order valence-corrected chi connectivity index (χ3v) is 4.41. The Morgan fingerprint density at radius 2 is 2.19 bits per heavy atom. The monoisotopic (exact) mass is 304 g/mol. The molecule has 0 saturated heterocycles. The van der Waals surface area contributed by atoms with E-state index < -0.39 is 0 Å². The summed E-state index contributed by atoms with van der Waals surface area (Å²) in [5, 5.41) is 8.06. The van der Waals surface area contributed by atoms with Crippen LogP contribution in [0.5, 0.6) is 0 Å². The number of hydrogen-bond acceptors (Lipinski definition) is 6. The highest BCUT2D eigenvalue weighted by Gasteiger charge is 2.11. The van der Waals surface area contributed by atoms with Gasteiger partial charge in [-0.05, 0) is 19.4 Å². The van der Waals surface area contributed by atoms with E-state index in [9.17, 15) is 4.79 Å². The van der Waals surface area contributed by atoms with Gasteiger partial charge in [0.1, 0.15) is 17.0 Å². The molecule has 0 aromatic carbocycles. The zero-order chi connectivity index (χ0) is 15.0. The van der Waals surface area contributed by atoms with Crippen LogP contribution < -0.4 is 10.9 Å². The van der Waals surface area contributed by atoms with Gasteiger partial charge in [-0.25, -0.2) is 9.97 Å². The molecule has 0 spiro atoms. The van der Waals surface area contributed by atoms with E-state index in [0.717, 1.165) is 15.3 Å². The van der Waals surface area contributed by atoms with Crippen molar-refractivity contribution in [2.24, 2.45) is 7.05 Å². The van der Waals surface area contributed by atoms with Crippen molar-refractivity contribution in [1.29, 1.82) is 0 Å². The Kier molecular flexibility index (Phi) is 3.56. The molecule has 7 nitrogen and oxygen atoms in total. The molecule has 3 rings (SSSR count). The molecule has 3 heterocycles. The van der Waals surface area contributed by atoms with Crippen molar-refractivity contribution in [3.05, 3.63) is 38.8 Å². The van der Waals surface area contributed by atoms with Gasteiger partial charge in [0, 0.05) is 11.9 Å². The first-order valence-corrected chi connectivity index (χ1v) is 7.40. The summed E-state index contributed by atoms with van der Waals surface area (Å²) < 4.78 is 1.65. The first kappa shape index (κ1) is 13.9. The topological polar surface area (TPSA) is 88.5 Å². The summed E-state index contributed by atoms with van der Waals surface area (Å²) in [6, 6.07) is 0. The fourth-order valence-corrected chi connectivity index (χ4v) is 3.19. The molecule has 0 amide bonds. The summed E-state index contributed by atoms with van der Waals surface area (Å²) >= 11 is 1.55. The second kappa shape index (κ2) is 5.38. The van der Waals surface area contributed by atoms with Crippen LogP contribution in [0, 0.1) is 13.8 Å². The summed E-state index contributed by atoms with van der Waals surface area (Å²) in [6.07, 6.45) is 1.65. The second-order valence-electron chi connectivity index (χ2n) is 4.91.